The Labute approximate surface area is 94.5 Å². The monoisotopic (exact) mass is 223 g/mol. The fourth-order valence-electron chi connectivity index (χ4n) is 2.04. The Bertz CT molecular complexity index is 382. The van der Waals surface area contributed by atoms with Crippen molar-refractivity contribution in [1.29, 1.82) is 0 Å². The van der Waals surface area contributed by atoms with Crippen LogP contribution in [0.15, 0.2) is 12.5 Å². The minimum absolute atomic E-state index is 0.570. The van der Waals surface area contributed by atoms with Crippen LogP contribution in [0, 0.1) is 0 Å². The van der Waals surface area contributed by atoms with Gasteiger partial charge in [-0.25, -0.2) is 4.98 Å². The van der Waals surface area contributed by atoms with Crippen molar-refractivity contribution in [3.63, 3.8) is 0 Å². The average Bonchev–Trinajstić information content (AvgIpc) is 2.63. The van der Waals surface area contributed by atoms with Crippen LogP contribution in [0.5, 0.6) is 0 Å². The molecular weight excluding hydrogens is 206 g/mol. The number of hydrogen-bond acceptors (Lipinski definition) is 3. The molecular formula is C11H17N3O2. The highest BCUT2D eigenvalue weighted by atomic mass is 16.4. The van der Waals surface area contributed by atoms with E-state index in [2.05, 4.69) is 10.3 Å². The van der Waals surface area contributed by atoms with Crippen LogP contribution in [-0.2, 0) is 17.9 Å². The second-order valence-corrected chi connectivity index (χ2v) is 4.27. The average molecular weight is 223 g/mol. The molecule has 1 aromatic rings. The summed E-state index contributed by atoms with van der Waals surface area (Å²) in [6.45, 7) is 3.47. The molecule has 5 heteroatoms. The molecule has 0 aliphatic heterocycles. The van der Waals surface area contributed by atoms with E-state index in [0.29, 0.717) is 6.54 Å². The van der Waals surface area contributed by atoms with E-state index in [9.17, 15) is 4.79 Å². The van der Waals surface area contributed by atoms with E-state index < -0.39 is 11.5 Å². The summed E-state index contributed by atoms with van der Waals surface area (Å²) >= 11 is 0. The molecule has 1 aliphatic carbocycles. The maximum atomic E-state index is 11.1. The third-order valence-electron chi connectivity index (χ3n) is 3.36. The van der Waals surface area contributed by atoms with Crippen LogP contribution >= 0.6 is 0 Å². The highest BCUT2D eigenvalue weighted by Crippen LogP contribution is 2.32. The zero-order valence-electron chi connectivity index (χ0n) is 9.44. The number of nitrogens with one attached hydrogen (secondary N) is 1. The number of aryl methyl sites for hydroxylation is 1. The molecule has 1 saturated carbocycles. The molecule has 16 heavy (non-hydrogen) atoms. The minimum atomic E-state index is -0.735. The van der Waals surface area contributed by atoms with Crippen LogP contribution in [0.3, 0.4) is 0 Å². The zero-order chi connectivity index (χ0) is 11.6. The highest BCUT2D eigenvalue weighted by molar-refractivity contribution is 5.79. The Balaban J connectivity index is 1.99. The van der Waals surface area contributed by atoms with E-state index in [1.807, 2.05) is 11.5 Å². The van der Waals surface area contributed by atoms with Crippen LogP contribution in [0.2, 0.25) is 0 Å². The van der Waals surface area contributed by atoms with Gasteiger partial charge in [0, 0.05) is 19.3 Å². The zero-order valence-corrected chi connectivity index (χ0v) is 9.44. The van der Waals surface area contributed by atoms with E-state index in [0.717, 1.165) is 31.5 Å². The molecule has 0 spiro atoms. The lowest BCUT2D eigenvalue weighted by Crippen LogP contribution is -2.56. The predicted molar refractivity (Wildman–Crippen MR) is 59.0 cm³/mol. The van der Waals surface area contributed by atoms with Gasteiger partial charge in [0.15, 0.2) is 0 Å². The van der Waals surface area contributed by atoms with Crippen LogP contribution in [0.1, 0.15) is 31.9 Å². The number of nitrogens with zero attached hydrogens (tertiary/aromatic N) is 2. The number of aliphatic carboxylic acids is 1. The van der Waals surface area contributed by atoms with E-state index in [1.54, 1.807) is 12.5 Å². The molecule has 1 aliphatic rings. The summed E-state index contributed by atoms with van der Waals surface area (Å²) in [5.41, 5.74) is 0.345. The number of carbonyl (C=O) groups is 1. The predicted octanol–water partition coefficient (Wildman–Crippen LogP) is 1.000. The van der Waals surface area contributed by atoms with E-state index >= 15 is 0 Å². The van der Waals surface area contributed by atoms with Crippen molar-refractivity contribution in [2.75, 3.05) is 0 Å². The van der Waals surface area contributed by atoms with Gasteiger partial charge in [0.25, 0.3) is 0 Å². The molecule has 2 rings (SSSR count). The van der Waals surface area contributed by atoms with Crippen LogP contribution < -0.4 is 5.32 Å². The summed E-state index contributed by atoms with van der Waals surface area (Å²) in [6.07, 6.45) is 5.99. The van der Waals surface area contributed by atoms with Gasteiger partial charge in [-0.15, -0.1) is 0 Å². The molecule has 0 atom stereocenters. The molecule has 0 unspecified atom stereocenters. The van der Waals surface area contributed by atoms with E-state index in [-0.39, 0.29) is 0 Å². The largest absolute Gasteiger partial charge is 0.480 e. The van der Waals surface area contributed by atoms with Gasteiger partial charge in [-0.2, -0.15) is 0 Å². The van der Waals surface area contributed by atoms with Gasteiger partial charge in [-0.05, 0) is 26.2 Å². The summed E-state index contributed by atoms with van der Waals surface area (Å²) in [5, 5.41) is 12.3. The number of imidazole rings is 1. The number of carboxylic acids is 1. The quantitative estimate of drug-likeness (QED) is 0.781. The highest BCUT2D eigenvalue weighted by Gasteiger charge is 2.43. The third kappa shape index (κ3) is 1.82. The number of hydrogen-bond donors (Lipinski definition) is 2. The van der Waals surface area contributed by atoms with E-state index in [1.165, 1.54) is 0 Å². The maximum absolute atomic E-state index is 11.1. The Hall–Kier alpha value is -1.36. The molecule has 1 heterocycles. The van der Waals surface area contributed by atoms with Gasteiger partial charge in [0.1, 0.15) is 5.54 Å². The van der Waals surface area contributed by atoms with Crippen LogP contribution in [-0.4, -0.2) is 26.2 Å². The van der Waals surface area contributed by atoms with Crippen molar-refractivity contribution in [3.05, 3.63) is 18.2 Å². The third-order valence-corrected chi connectivity index (χ3v) is 3.36. The lowest BCUT2D eigenvalue weighted by atomic mass is 9.77. The molecule has 0 radical (unpaired) electrons. The number of rotatable bonds is 5. The fraction of sp³-hybridized carbons (Fsp3) is 0.636. The maximum Gasteiger partial charge on any atom is 0.323 e. The molecule has 1 aromatic heterocycles. The van der Waals surface area contributed by atoms with Crippen molar-refractivity contribution in [2.45, 2.75) is 44.8 Å². The molecule has 2 N–H and O–H groups in total. The second kappa shape index (κ2) is 4.25. The minimum Gasteiger partial charge on any atom is -0.480 e. The normalized spacial score (nSPS) is 18.1. The molecule has 0 amide bonds. The summed E-state index contributed by atoms with van der Waals surface area (Å²) in [6, 6.07) is 0. The first-order chi connectivity index (χ1) is 7.68. The van der Waals surface area contributed by atoms with Crippen LogP contribution in [0.4, 0.5) is 0 Å². The second-order valence-electron chi connectivity index (χ2n) is 4.27. The molecule has 1 fully saturated rings. The first kappa shape index (κ1) is 11.1. The van der Waals surface area contributed by atoms with Gasteiger partial charge < -0.3 is 9.67 Å². The van der Waals surface area contributed by atoms with E-state index in [4.69, 9.17) is 5.11 Å². The Morgan fingerprint density at radius 3 is 2.94 bits per heavy atom. The van der Waals surface area contributed by atoms with Gasteiger partial charge in [0.05, 0.1) is 12.0 Å². The molecule has 88 valence electrons. The topological polar surface area (TPSA) is 67.2 Å². The summed E-state index contributed by atoms with van der Waals surface area (Å²) < 4.78 is 2.02. The summed E-state index contributed by atoms with van der Waals surface area (Å²) in [4.78, 5) is 15.2. The number of aromatic nitrogens is 2. The molecule has 5 nitrogen and oxygen atoms in total. The smallest absolute Gasteiger partial charge is 0.323 e. The van der Waals surface area contributed by atoms with Crippen molar-refractivity contribution < 1.29 is 9.90 Å². The van der Waals surface area contributed by atoms with Crippen molar-refractivity contribution in [2.24, 2.45) is 0 Å². The first-order valence-corrected chi connectivity index (χ1v) is 5.65. The Morgan fingerprint density at radius 2 is 2.44 bits per heavy atom. The van der Waals surface area contributed by atoms with Crippen molar-refractivity contribution >= 4 is 5.97 Å². The fourth-order valence-corrected chi connectivity index (χ4v) is 2.04. The van der Waals surface area contributed by atoms with Gasteiger partial charge >= 0.3 is 5.97 Å². The molecule has 0 aromatic carbocycles. The summed E-state index contributed by atoms with van der Waals surface area (Å²) in [5.74, 6) is -0.735. The van der Waals surface area contributed by atoms with Gasteiger partial charge in [0.2, 0.25) is 0 Å². The van der Waals surface area contributed by atoms with Gasteiger partial charge in [-0.3, -0.25) is 10.1 Å². The standard InChI is InChI=1S/C11H17N3O2/c1-2-14-8-12-6-9(14)7-13-11(10(15)16)4-3-5-11/h6,8,13H,2-5,7H2,1H3,(H,15,16). The molecule has 0 saturated heterocycles. The number of carboxylic acid groups (broad SMARTS) is 1. The van der Waals surface area contributed by atoms with Crippen LogP contribution in [0.25, 0.3) is 0 Å². The lowest BCUT2D eigenvalue weighted by molar-refractivity contribution is -0.148. The molecule has 0 bridgehead atoms. The summed E-state index contributed by atoms with van der Waals surface area (Å²) in [7, 11) is 0. The van der Waals surface area contributed by atoms with Crippen molar-refractivity contribution in [1.82, 2.24) is 14.9 Å². The van der Waals surface area contributed by atoms with Gasteiger partial charge in [-0.1, -0.05) is 0 Å². The SMILES string of the molecule is CCn1cncc1CNC1(C(=O)O)CCC1. The first-order valence-electron chi connectivity index (χ1n) is 5.65. The van der Waals surface area contributed by atoms with Crippen molar-refractivity contribution in [3.8, 4) is 0 Å². The Morgan fingerprint density at radius 1 is 1.69 bits per heavy atom. The lowest BCUT2D eigenvalue weighted by Gasteiger charge is -2.38. The Kier molecular flexibility index (Phi) is 2.96.